The number of guanidine groups is 1. The molecule has 15 heavy (non-hydrogen) atoms. The summed E-state index contributed by atoms with van der Waals surface area (Å²) >= 11 is 5.74. The average Bonchev–Trinajstić information content (AvgIpc) is 2.15. The van der Waals surface area contributed by atoms with Gasteiger partial charge in [0.05, 0.1) is 5.71 Å². The van der Waals surface area contributed by atoms with Crippen LogP contribution in [0.3, 0.4) is 0 Å². The summed E-state index contributed by atoms with van der Waals surface area (Å²) in [7, 11) is 0. The second-order valence-electron chi connectivity index (χ2n) is 2.72. The highest BCUT2D eigenvalue weighted by Gasteiger charge is 1.96. The lowest BCUT2D eigenvalue weighted by Gasteiger charge is -1.98. The Bertz CT molecular complexity index is 366. The normalized spacial score (nSPS) is 10.4. The summed E-state index contributed by atoms with van der Waals surface area (Å²) in [5.74, 6) is -0.0571. The summed E-state index contributed by atoms with van der Waals surface area (Å²) in [4.78, 5) is 0. The smallest absolute Gasteiger partial charge is 0.211 e. The summed E-state index contributed by atoms with van der Waals surface area (Å²) < 4.78 is 0. The first-order chi connectivity index (χ1) is 6.59. The van der Waals surface area contributed by atoms with Crippen molar-refractivity contribution in [2.75, 3.05) is 0 Å². The fourth-order valence-electron chi connectivity index (χ4n) is 0.882. The minimum atomic E-state index is -0.0571. The van der Waals surface area contributed by atoms with Crippen LogP contribution in [-0.2, 0) is 0 Å². The fraction of sp³-hybridized carbons (Fsp3) is 0.111. The van der Waals surface area contributed by atoms with Gasteiger partial charge in [0.1, 0.15) is 0 Å². The Morgan fingerprint density at radius 2 is 1.67 bits per heavy atom. The SMILES string of the molecule is CC(=NN=C(N)N)c1ccc(Cl)cc1.Cl. The molecule has 4 nitrogen and oxygen atoms in total. The molecule has 0 aliphatic rings. The highest BCUT2D eigenvalue weighted by Crippen LogP contribution is 2.10. The van der Waals surface area contributed by atoms with E-state index in [1.54, 1.807) is 12.1 Å². The first-order valence-corrected chi connectivity index (χ1v) is 4.36. The van der Waals surface area contributed by atoms with Gasteiger partial charge >= 0.3 is 0 Å². The van der Waals surface area contributed by atoms with E-state index >= 15 is 0 Å². The predicted molar refractivity (Wildman–Crippen MR) is 66.7 cm³/mol. The molecule has 0 aliphatic heterocycles. The quantitative estimate of drug-likeness (QED) is 0.474. The summed E-state index contributed by atoms with van der Waals surface area (Å²) in [6, 6.07) is 7.27. The summed E-state index contributed by atoms with van der Waals surface area (Å²) in [5.41, 5.74) is 11.9. The van der Waals surface area contributed by atoms with Gasteiger partial charge in [0.25, 0.3) is 0 Å². The van der Waals surface area contributed by atoms with Crippen molar-refractivity contribution < 1.29 is 0 Å². The van der Waals surface area contributed by atoms with Crippen molar-refractivity contribution in [1.29, 1.82) is 0 Å². The van der Waals surface area contributed by atoms with Crippen molar-refractivity contribution in [2.45, 2.75) is 6.92 Å². The van der Waals surface area contributed by atoms with E-state index in [4.69, 9.17) is 23.1 Å². The Morgan fingerprint density at radius 1 is 1.13 bits per heavy atom. The molecule has 82 valence electrons. The number of rotatable bonds is 2. The first kappa shape index (κ1) is 13.7. The molecule has 0 spiro atoms. The van der Waals surface area contributed by atoms with Crippen molar-refractivity contribution in [3.05, 3.63) is 34.9 Å². The molecular formula is C9H12Cl2N4. The van der Waals surface area contributed by atoms with Crippen LogP contribution in [0.2, 0.25) is 5.02 Å². The molecule has 0 bridgehead atoms. The Labute approximate surface area is 99.4 Å². The van der Waals surface area contributed by atoms with Crippen molar-refractivity contribution in [1.82, 2.24) is 0 Å². The monoisotopic (exact) mass is 246 g/mol. The summed E-state index contributed by atoms with van der Waals surface area (Å²) in [6.07, 6.45) is 0. The van der Waals surface area contributed by atoms with E-state index in [2.05, 4.69) is 10.2 Å². The van der Waals surface area contributed by atoms with E-state index in [-0.39, 0.29) is 18.4 Å². The molecule has 0 radical (unpaired) electrons. The van der Waals surface area contributed by atoms with E-state index in [9.17, 15) is 0 Å². The van der Waals surface area contributed by atoms with Crippen molar-refractivity contribution >= 4 is 35.7 Å². The van der Waals surface area contributed by atoms with Gasteiger partial charge in [0, 0.05) is 5.02 Å². The number of hydrogen-bond acceptors (Lipinski definition) is 2. The molecular weight excluding hydrogens is 235 g/mol. The van der Waals surface area contributed by atoms with E-state index in [0.29, 0.717) is 5.02 Å². The van der Waals surface area contributed by atoms with E-state index in [1.807, 2.05) is 19.1 Å². The average molecular weight is 247 g/mol. The van der Waals surface area contributed by atoms with Gasteiger partial charge in [-0.2, -0.15) is 5.10 Å². The van der Waals surface area contributed by atoms with Crippen LogP contribution in [0.25, 0.3) is 0 Å². The maximum Gasteiger partial charge on any atom is 0.211 e. The van der Waals surface area contributed by atoms with Gasteiger partial charge in [-0.05, 0) is 24.6 Å². The van der Waals surface area contributed by atoms with Crippen molar-refractivity contribution in [3.63, 3.8) is 0 Å². The van der Waals surface area contributed by atoms with Gasteiger partial charge < -0.3 is 11.5 Å². The molecule has 6 heteroatoms. The van der Waals surface area contributed by atoms with Crippen LogP contribution in [0, 0.1) is 0 Å². The second-order valence-corrected chi connectivity index (χ2v) is 3.15. The van der Waals surface area contributed by atoms with Crippen LogP contribution >= 0.6 is 24.0 Å². The molecule has 0 aliphatic carbocycles. The lowest BCUT2D eigenvalue weighted by Crippen LogP contribution is -2.22. The minimum Gasteiger partial charge on any atom is -0.369 e. The molecule has 0 saturated carbocycles. The largest absolute Gasteiger partial charge is 0.369 e. The molecule has 1 aromatic carbocycles. The Hall–Kier alpha value is -1.26. The molecule has 0 fully saturated rings. The van der Waals surface area contributed by atoms with E-state index < -0.39 is 0 Å². The number of nitrogens with zero attached hydrogens (tertiary/aromatic N) is 2. The maximum atomic E-state index is 5.74. The molecule has 1 aromatic rings. The van der Waals surface area contributed by atoms with Crippen LogP contribution in [0.1, 0.15) is 12.5 Å². The number of nitrogens with two attached hydrogens (primary N) is 2. The molecule has 0 unspecified atom stereocenters. The highest BCUT2D eigenvalue weighted by atomic mass is 35.5. The van der Waals surface area contributed by atoms with Gasteiger partial charge in [-0.3, -0.25) is 0 Å². The number of benzene rings is 1. The summed E-state index contributed by atoms with van der Waals surface area (Å²) in [6.45, 7) is 1.82. The third-order valence-electron chi connectivity index (χ3n) is 1.58. The van der Waals surface area contributed by atoms with Gasteiger partial charge in [-0.15, -0.1) is 17.5 Å². The lowest BCUT2D eigenvalue weighted by atomic mass is 10.1. The zero-order chi connectivity index (χ0) is 10.6. The lowest BCUT2D eigenvalue weighted by molar-refractivity contribution is 1.20. The molecule has 0 saturated heterocycles. The van der Waals surface area contributed by atoms with Crippen LogP contribution in [-0.4, -0.2) is 11.7 Å². The molecule has 1 rings (SSSR count). The maximum absolute atomic E-state index is 5.74. The molecule has 0 heterocycles. The Balaban J connectivity index is 0.00000196. The molecule has 0 atom stereocenters. The van der Waals surface area contributed by atoms with E-state index in [1.165, 1.54) is 0 Å². The van der Waals surface area contributed by atoms with Crippen molar-refractivity contribution in [3.8, 4) is 0 Å². The third kappa shape index (κ3) is 4.67. The Kier molecular flexibility index (Phi) is 5.74. The zero-order valence-corrected chi connectivity index (χ0v) is 9.72. The topological polar surface area (TPSA) is 76.8 Å². The molecule has 0 aromatic heterocycles. The van der Waals surface area contributed by atoms with Crippen LogP contribution in [0.15, 0.2) is 34.5 Å². The van der Waals surface area contributed by atoms with E-state index in [0.717, 1.165) is 11.3 Å². The van der Waals surface area contributed by atoms with Gasteiger partial charge in [-0.1, -0.05) is 23.7 Å². The van der Waals surface area contributed by atoms with Gasteiger partial charge in [0.2, 0.25) is 5.96 Å². The number of halogens is 2. The minimum absolute atomic E-state index is 0. The van der Waals surface area contributed by atoms with Crippen LogP contribution < -0.4 is 11.5 Å². The number of hydrogen-bond donors (Lipinski definition) is 2. The van der Waals surface area contributed by atoms with Crippen LogP contribution in [0.4, 0.5) is 0 Å². The van der Waals surface area contributed by atoms with Crippen molar-refractivity contribution in [2.24, 2.45) is 21.7 Å². The van der Waals surface area contributed by atoms with Crippen LogP contribution in [0.5, 0.6) is 0 Å². The zero-order valence-electron chi connectivity index (χ0n) is 8.14. The van der Waals surface area contributed by atoms with Gasteiger partial charge in [-0.25, -0.2) is 0 Å². The summed E-state index contributed by atoms with van der Waals surface area (Å²) in [5, 5.41) is 8.07. The highest BCUT2D eigenvalue weighted by molar-refractivity contribution is 6.30. The van der Waals surface area contributed by atoms with Gasteiger partial charge in [0.15, 0.2) is 0 Å². The molecule has 4 N–H and O–H groups in total. The standard InChI is InChI=1S/C9H11ClN4.ClH/c1-6(13-14-9(11)12)7-2-4-8(10)5-3-7;/h2-5H,1H3,(H4,11,12,14);1H. The first-order valence-electron chi connectivity index (χ1n) is 3.98. The second kappa shape index (κ2) is 6.27. The fourth-order valence-corrected chi connectivity index (χ4v) is 1.01. The third-order valence-corrected chi connectivity index (χ3v) is 1.83. The predicted octanol–water partition coefficient (Wildman–Crippen LogP) is 1.76. The Morgan fingerprint density at radius 3 is 2.13 bits per heavy atom. The molecule has 0 amide bonds.